The third kappa shape index (κ3) is 4.17. The van der Waals surface area contributed by atoms with Gasteiger partial charge in [0.15, 0.2) is 0 Å². The van der Waals surface area contributed by atoms with Crippen molar-refractivity contribution in [3.8, 4) is 0 Å². The molecule has 2 amide bonds. The first-order chi connectivity index (χ1) is 14.5. The number of hydroxylamine groups is 1. The number of rotatable bonds is 4. The second-order valence-electron chi connectivity index (χ2n) is 6.98. The van der Waals surface area contributed by atoms with Crippen LogP contribution in [0.2, 0.25) is 0 Å². The lowest BCUT2D eigenvalue weighted by atomic mass is 9.95. The SMILES string of the molecule is O=C(NO)c1ccc2c(c1)CN(C(=O)C(=Cc1cccs1)c1ccc(F)cc1)CC2. The Morgan fingerprint density at radius 2 is 1.83 bits per heavy atom. The van der Waals surface area contributed by atoms with Crippen LogP contribution < -0.4 is 5.48 Å². The largest absolute Gasteiger partial charge is 0.334 e. The van der Waals surface area contributed by atoms with Gasteiger partial charge in [0.05, 0.1) is 0 Å². The Morgan fingerprint density at radius 3 is 2.53 bits per heavy atom. The molecule has 1 aliphatic heterocycles. The Balaban J connectivity index is 1.66. The summed E-state index contributed by atoms with van der Waals surface area (Å²) >= 11 is 1.52. The number of hydrogen-bond donors (Lipinski definition) is 2. The molecule has 0 atom stereocenters. The van der Waals surface area contributed by atoms with E-state index in [0.29, 0.717) is 36.2 Å². The van der Waals surface area contributed by atoms with Crippen molar-refractivity contribution < 1.29 is 19.2 Å². The number of thiophene rings is 1. The summed E-state index contributed by atoms with van der Waals surface area (Å²) in [6.45, 7) is 0.893. The lowest BCUT2D eigenvalue weighted by Crippen LogP contribution is -2.36. The molecule has 1 aromatic heterocycles. The standard InChI is InChI=1S/C23H19FN2O3S/c24-19-7-5-16(6-8-19)21(13-20-2-1-11-30-20)23(28)26-10-9-15-3-4-17(22(27)25-29)12-18(15)14-26/h1-8,11-13,29H,9-10,14H2,(H,25,27). The maximum atomic E-state index is 13.4. The Kier molecular flexibility index (Phi) is 5.74. The maximum Gasteiger partial charge on any atom is 0.274 e. The number of hydrogen-bond acceptors (Lipinski definition) is 4. The van der Waals surface area contributed by atoms with E-state index in [1.807, 2.05) is 29.7 Å². The quantitative estimate of drug-likeness (QED) is 0.377. The van der Waals surface area contributed by atoms with Crippen molar-refractivity contribution in [1.82, 2.24) is 10.4 Å². The van der Waals surface area contributed by atoms with Crippen LogP contribution in [0.3, 0.4) is 0 Å². The van der Waals surface area contributed by atoms with Crippen LogP contribution in [0.1, 0.15) is 31.9 Å². The van der Waals surface area contributed by atoms with Gasteiger partial charge in [0, 0.05) is 29.1 Å². The molecule has 0 saturated carbocycles. The molecule has 0 spiro atoms. The van der Waals surface area contributed by atoms with E-state index in [0.717, 1.165) is 16.0 Å². The molecule has 3 aromatic rings. The molecule has 2 heterocycles. The van der Waals surface area contributed by atoms with Gasteiger partial charge in [-0.05, 0) is 64.9 Å². The van der Waals surface area contributed by atoms with Crippen LogP contribution in [-0.4, -0.2) is 28.5 Å². The Bertz CT molecular complexity index is 1110. The lowest BCUT2D eigenvalue weighted by molar-refractivity contribution is -0.125. The molecule has 0 saturated heterocycles. The van der Waals surface area contributed by atoms with Gasteiger partial charge >= 0.3 is 0 Å². The van der Waals surface area contributed by atoms with Crippen LogP contribution in [0.15, 0.2) is 60.0 Å². The van der Waals surface area contributed by atoms with E-state index in [4.69, 9.17) is 5.21 Å². The molecule has 0 fully saturated rings. The molecular weight excluding hydrogens is 403 g/mol. The van der Waals surface area contributed by atoms with Crippen LogP contribution in [0.25, 0.3) is 11.6 Å². The highest BCUT2D eigenvalue weighted by Gasteiger charge is 2.25. The molecule has 7 heteroatoms. The predicted molar refractivity (Wildman–Crippen MR) is 113 cm³/mol. The highest BCUT2D eigenvalue weighted by atomic mass is 32.1. The minimum absolute atomic E-state index is 0.155. The minimum atomic E-state index is -0.592. The molecule has 5 nitrogen and oxygen atoms in total. The highest BCUT2D eigenvalue weighted by Crippen LogP contribution is 2.27. The summed E-state index contributed by atoms with van der Waals surface area (Å²) in [6, 6.07) is 14.9. The first-order valence-corrected chi connectivity index (χ1v) is 10.3. The monoisotopic (exact) mass is 422 g/mol. The number of halogens is 1. The van der Waals surface area contributed by atoms with Gasteiger partial charge in [0.2, 0.25) is 0 Å². The predicted octanol–water partition coefficient (Wildman–Crippen LogP) is 4.13. The van der Waals surface area contributed by atoms with Crippen LogP contribution >= 0.6 is 11.3 Å². The van der Waals surface area contributed by atoms with E-state index >= 15 is 0 Å². The molecular formula is C23H19FN2O3S. The smallest absolute Gasteiger partial charge is 0.274 e. The number of carbonyl (C=O) groups is 2. The van der Waals surface area contributed by atoms with Crippen molar-refractivity contribution in [2.75, 3.05) is 6.54 Å². The molecule has 2 N–H and O–H groups in total. The summed E-state index contributed by atoms with van der Waals surface area (Å²) in [6.07, 6.45) is 2.49. The average molecular weight is 422 g/mol. The van der Waals surface area contributed by atoms with Crippen LogP contribution in [0.4, 0.5) is 4.39 Å². The summed E-state index contributed by atoms with van der Waals surface area (Å²) in [4.78, 5) is 27.8. The van der Waals surface area contributed by atoms with Gasteiger partial charge in [-0.2, -0.15) is 0 Å². The summed E-state index contributed by atoms with van der Waals surface area (Å²) in [5.41, 5.74) is 5.04. The fourth-order valence-electron chi connectivity index (χ4n) is 3.52. The molecule has 0 radical (unpaired) electrons. The third-order valence-electron chi connectivity index (χ3n) is 5.08. The molecule has 1 aliphatic rings. The summed E-state index contributed by atoms with van der Waals surface area (Å²) in [5, 5.41) is 10.8. The molecule has 152 valence electrons. The zero-order chi connectivity index (χ0) is 21.1. The van der Waals surface area contributed by atoms with Crippen molar-refractivity contribution in [3.63, 3.8) is 0 Å². The van der Waals surface area contributed by atoms with Crippen molar-refractivity contribution in [2.45, 2.75) is 13.0 Å². The number of carbonyl (C=O) groups excluding carboxylic acids is 2. The number of nitrogens with one attached hydrogen (secondary N) is 1. The number of amides is 2. The minimum Gasteiger partial charge on any atom is -0.334 e. The number of benzene rings is 2. The molecule has 0 aliphatic carbocycles. The van der Waals surface area contributed by atoms with Gasteiger partial charge < -0.3 is 4.90 Å². The Hall–Kier alpha value is -3.29. The van der Waals surface area contributed by atoms with Crippen molar-refractivity contribution in [2.24, 2.45) is 0 Å². The zero-order valence-electron chi connectivity index (χ0n) is 16.0. The van der Waals surface area contributed by atoms with E-state index in [1.165, 1.54) is 23.5 Å². The van der Waals surface area contributed by atoms with Gasteiger partial charge in [-0.15, -0.1) is 11.3 Å². The third-order valence-corrected chi connectivity index (χ3v) is 5.90. The highest BCUT2D eigenvalue weighted by molar-refractivity contribution is 7.11. The molecule has 2 aromatic carbocycles. The topological polar surface area (TPSA) is 69.6 Å². The van der Waals surface area contributed by atoms with E-state index in [-0.39, 0.29) is 11.7 Å². The summed E-state index contributed by atoms with van der Waals surface area (Å²) in [7, 11) is 0. The van der Waals surface area contributed by atoms with Crippen LogP contribution in [0.5, 0.6) is 0 Å². The molecule has 0 bridgehead atoms. The Morgan fingerprint density at radius 1 is 1.07 bits per heavy atom. The van der Waals surface area contributed by atoms with Crippen molar-refractivity contribution >= 4 is 34.8 Å². The number of fused-ring (bicyclic) bond motifs is 1. The number of nitrogens with zero attached hydrogens (tertiary/aromatic N) is 1. The fraction of sp³-hybridized carbons (Fsp3) is 0.130. The first kappa shape index (κ1) is 20.0. The second kappa shape index (κ2) is 8.61. The zero-order valence-corrected chi connectivity index (χ0v) is 16.8. The molecule has 30 heavy (non-hydrogen) atoms. The van der Waals surface area contributed by atoms with Crippen molar-refractivity contribution in [1.29, 1.82) is 0 Å². The van der Waals surface area contributed by atoms with Crippen LogP contribution in [-0.2, 0) is 17.8 Å². The summed E-state index contributed by atoms with van der Waals surface area (Å²) < 4.78 is 13.4. The second-order valence-corrected chi connectivity index (χ2v) is 7.96. The first-order valence-electron chi connectivity index (χ1n) is 9.42. The van der Waals surface area contributed by atoms with Gasteiger partial charge in [-0.25, -0.2) is 9.87 Å². The maximum absolute atomic E-state index is 13.4. The van der Waals surface area contributed by atoms with Gasteiger partial charge in [0.1, 0.15) is 5.82 Å². The lowest BCUT2D eigenvalue weighted by Gasteiger charge is -2.30. The van der Waals surface area contributed by atoms with E-state index in [2.05, 4.69) is 0 Å². The van der Waals surface area contributed by atoms with E-state index in [9.17, 15) is 14.0 Å². The van der Waals surface area contributed by atoms with Crippen LogP contribution in [0, 0.1) is 5.82 Å². The van der Waals surface area contributed by atoms with E-state index < -0.39 is 5.91 Å². The summed E-state index contributed by atoms with van der Waals surface area (Å²) in [5.74, 6) is -1.10. The van der Waals surface area contributed by atoms with E-state index in [1.54, 1.807) is 34.6 Å². The van der Waals surface area contributed by atoms with Gasteiger partial charge in [-0.3, -0.25) is 14.8 Å². The normalized spacial score (nSPS) is 13.7. The van der Waals surface area contributed by atoms with Gasteiger partial charge in [-0.1, -0.05) is 24.3 Å². The average Bonchev–Trinajstić information content (AvgIpc) is 3.29. The Labute approximate surface area is 177 Å². The molecule has 4 rings (SSSR count). The fourth-order valence-corrected chi connectivity index (χ4v) is 4.18. The van der Waals surface area contributed by atoms with Crippen molar-refractivity contribution in [3.05, 3.63) is 92.9 Å². The van der Waals surface area contributed by atoms with Gasteiger partial charge in [0.25, 0.3) is 11.8 Å². The molecule has 0 unspecified atom stereocenters.